The highest BCUT2D eigenvalue weighted by atomic mass is 16.8. The second kappa shape index (κ2) is 6.66. The van der Waals surface area contributed by atoms with Crippen molar-refractivity contribution in [1.29, 1.82) is 0 Å². The van der Waals surface area contributed by atoms with Crippen LogP contribution in [0.2, 0.25) is 0 Å². The van der Waals surface area contributed by atoms with Gasteiger partial charge in [-0.25, -0.2) is 0 Å². The Labute approximate surface area is 135 Å². The fourth-order valence-corrected chi connectivity index (χ4v) is 4.00. The first-order chi connectivity index (χ1) is 10.9. The smallest absolute Gasteiger partial charge is 0.205 e. The third-order valence-corrected chi connectivity index (χ3v) is 5.46. The van der Waals surface area contributed by atoms with Crippen molar-refractivity contribution < 1.29 is 34.6 Å². The summed E-state index contributed by atoms with van der Waals surface area (Å²) in [6, 6.07) is 0. The van der Waals surface area contributed by atoms with Crippen molar-refractivity contribution in [3.05, 3.63) is 11.8 Å². The van der Waals surface area contributed by atoms with E-state index in [9.17, 15) is 20.4 Å². The Morgan fingerprint density at radius 2 is 1.87 bits per heavy atom. The van der Waals surface area contributed by atoms with E-state index < -0.39 is 43.6 Å². The van der Waals surface area contributed by atoms with Gasteiger partial charge in [-0.15, -0.1) is 0 Å². The topological polar surface area (TPSA) is 109 Å². The van der Waals surface area contributed by atoms with Gasteiger partial charge in [0, 0.05) is 5.92 Å². The zero-order chi connectivity index (χ0) is 16.7. The van der Waals surface area contributed by atoms with Crippen LogP contribution in [0, 0.1) is 17.8 Å². The maximum Gasteiger partial charge on any atom is 0.205 e. The second-order valence-corrected chi connectivity index (χ2v) is 6.94. The maximum atomic E-state index is 10.1. The first-order valence-electron chi connectivity index (χ1n) is 8.22. The van der Waals surface area contributed by atoms with Crippen LogP contribution in [0.5, 0.6) is 0 Å². The zero-order valence-corrected chi connectivity index (χ0v) is 13.4. The van der Waals surface area contributed by atoms with E-state index in [0.717, 1.165) is 12.8 Å². The van der Waals surface area contributed by atoms with Crippen LogP contribution in [0.1, 0.15) is 26.7 Å². The molecule has 0 radical (unpaired) electrons. The highest BCUT2D eigenvalue weighted by Gasteiger charge is 2.49. The summed E-state index contributed by atoms with van der Waals surface area (Å²) in [7, 11) is 0. The lowest BCUT2D eigenvalue weighted by Gasteiger charge is -2.43. The van der Waals surface area contributed by atoms with Gasteiger partial charge < -0.3 is 34.6 Å². The molecule has 7 nitrogen and oxygen atoms in total. The molecule has 2 aliphatic heterocycles. The maximum absolute atomic E-state index is 10.1. The van der Waals surface area contributed by atoms with Gasteiger partial charge >= 0.3 is 0 Å². The van der Waals surface area contributed by atoms with Crippen LogP contribution in [0.25, 0.3) is 0 Å². The highest BCUT2D eigenvalue weighted by Crippen LogP contribution is 2.46. The minimum Gasteiger partial charge on any atom is -0.472 e. The molecular formula is C16H26O7. The molecule has 3 rings (SSSR count). The molecule has 4 N–H and O–H groups in total. The summed E-state index contributed by atoms with van der Waals surface area (Å²) < 4.78 is 16.9. The molecule has 0 aromatic heterocycles. The van der Waals surface area contributed by atoms with E-state index in [4.69, 9.17) is 14.2 Å². The van der Waals surface area contributed by atoms with Crippen LogP contribution in [-0.2, 0) is 14.2 Å². The van der Waals surface area contributed by atoms with Crippen molar-refractivity contribution >= 4 is 0 Å². The van der Waals surface area contributed by atoms with Gasteiger partial charge in [0.15, 0.2) is 6.29 Å². The summed E-state index contributed by atoms with van der Waals surface area (Å²) >= 11 is 0. The Morgan fingerprint density at radius 1 is 1.13 bits per heavy atom. The SMILES string of the molecule is CC1=CO[C@@H](O[C@@H]2O[C@H](CO)[C@@H](O)[C@H](O)[C@H]2O)[C@@H]2[C@H](C)CC[C@H]12. The normalized spacial score (nSPS) is 50.2. The Bertz CT molecular complexity index is 452. The Morgan fingerprint density at radius 3 is 2.57 bits per heavy atom. The van der Waals surface area contributed by atoms with Crippen molar-refractivity contribution in [2.24, 2.45) is 17.8 Å². The molecule has 0 aromatic carbocycles. The van der Waals surface area contributed by atoms with E-state index in [1.54, 1.807) is 6.26 Å². The summed E-state index contributed by atoms with van der Waals surface area (Å²) in [5.74, 6) is 0.958. The van der Waals surface area contributed by atoms with Gasteiger partial charge in [0.2, 0.25) is 6.29 Å². The summed E-state index contributed by atoms with van der Waals surface area (Å²) in [4.78, 5) is 0. The Kier molecular flexibility index (Phi) is 4.96. The van der Waals surface area contributed by atoms with Crippen LogP contribution in [0.3, 0.4) is 0 Å². The average molecular weight is 330 g/mol. The molecule has 132 valence electrons. The molecule has 3 aliphatic rings. The van der Waals surface area contributed by atoms with E-state index >= 15 is 0 Å². The fraction of sp³-hybridized carbons (Fsp3) is 0.875. The number of hydrogen-bond donors (Lipinski definition) is 4. The summed E-state index contributed by atoms with van der Waals surface area (Å²) in [6.07, 6.45) is -3.10. The van der Waals surface area contributed by atoms with E-state index in [2.05, 4.69) is 6.92 Å². The van der Waals surface area contributed by atoms with Crippen molar-refractivity contribution in [2.45, 2.75) is 63.7 Å². The summed E-state index contributed by atoms with van der Waals surface area (Å²) in [5, 5.41) is 39.0. The highest BCUT2D eigenvalue weighted by molar-refractivity contribution is 5.10. The van der Waals surface area contributed by atoms with Gasteiger partial charge in [0.1, 0.15) is 24.4 Å². The number of hydrogen-bond acceptors (Lipinski definition) is 7. The second-order valence-electron chi connectivity index (χ2n) is 6.94. The van der Waals surface area contributed by atoms with E-state index in [0.29, 0.717) is 11.8 Å². The minimum atomic E-state index is -1.44. The minimum absolute atomic E-state index is 0.160. The average Bonchev–Trinajstić information content (AvgIpc) is 2.93. The number of aliphatic hydroxyl groups excluding tert-OH is 4. The number of fused-ring (bicyclic) bond motifs is 1. The molecular weight excluding hydrogens is 304 g/mol. The van der Waals surface area contributed by atoms with E-state index in [1.807, 2.05) is 6.92 Å². The van der Waals surface area contributed by atoms with Crippen LogP contribution in [-0.4, -0.2) is 64.0 Å². The molecule has 2 heterocycles. The number of allylic oxidation sites excluding steroid dienone is 1. The number of rotatable bonds is 3. The molecule has 1 saturated heterocycles. The van der Waals surface area contributed by atoms with Gasteiger partial charge in [0.25, 0.3) is 0 Å². The van der Waals surface area contributed by atoms with Crippen LogP contribution >= 0.6 is 0 Å². The lowest BCUT2D eigenvalue weighted by atomic mass is 9.84. The van der Waals surface area contributed by atoms with Gasteiger partial charge in [-0.3, -0.25) is 0 Å². The van der Waals surface area contributed by atoms with Gasteiger partial charge in [0.05, 0.1) is 12.9 Å². The van der Waals surface area contributed by atoms with Gasteiger partial charge in [-0.05, 0) is 37.2 Å². The van der Waals surface area contributed by atoms with Crippen molar-refractivity contribution in [1.82, 2.24) is 0 Å². The van der Waals surface area contributed by atoms with Crippen LogP contribution in [0.15, 0.2) is 11.8 Å². The fourth-order valence-electron chi connectivity index (χ4n) is 4.00. The number of ether oxygens (including phenoxy) is 3. The zero-order valence-electron chi connectivity index (χ0n) is 13.4. The Balaban J connectivity index is 1.73. The lowest BCUT2D eigenvalue weighted by molar-refractivity contribution is -0.342. The van der Waals surface area contributed by atoms with E-state index in [1.165, 1.54) is 5.57 Å². The lowest BCUT2D eigenvalue weighted by Crippen LogP contribution is -2.60. The predicted octanol–water partition coefficient (Wildman–Crippen LogP) is -0.275. The first kappa shape index (κ1) is 17.1. The van der Waals surface area contributed by atoms with E-state index in [-0.39, 0.29) is 5.92 Å². The van der Waals surface area contributed by atoms with Crippen molar-refractivity contribution in [2.75, 3.05) is 6.61 Å². The monoisotopic (exact) mass is 330 g/mol. The molecule has 0 amide bonds. The molecule has 0 bridgehead atoms. The molecule has 0 aromatic rings. The van der Waals surface area contributed by atoms with Crippen LogP contribution in [0.4, 0.5) is 0 Å². The van der Waals surface area contributed by atoms with Crippen LogP contribution < -0.4 is 0 Å². The third-order valence-electron chi connectivity index (χ3n) is 5.46. The molecule has 0 spiro atoms. The predicted molar refractivity (Wildman–Crippen MR) is 78.9 cm³/mol. The largest absolute Gasteiger partial charge is 0.472 e. The van der Waals surface area contributed by atoms with Crippen molar-refractivity contribution in [3.63, 3.8) is 0 Å². The molecule has 0 unspecified atom stereocenters. The quantitative estimate of drug-likeness (QED) is 0.564. The number of aliphatic hydroxyl groups is 4. The third kappa shape index (κ3) is 3.01. The summed E-state index contributed by atoms with van der Waals surface area (Å²) in [6.45, 7) is 3.72. The summed E-state index contributed by atoms with van der Waals surface area (Å²) in [5.41, 5.74) is 1.19. The molecule has 7 heteroatoms. The molecule has 2 fully saturated rings. The molecule has 1 aliphatic carbocycles. The first-order valence-corrected chi connectivity index (χ1v) is 8.22. The van der Waals surface area contributed by atoms with Crippen molar-refractivity contribution in [3.8, 4) is 0 Å². The molecule has 1 saturated carbocycles. The standard InChI is InChI=1S/C16H26O7/c1-7-3-4-9-8(2)6-21-15(11(7)9)23-16-14(20)13(19)12(18)10(5-17)22-16/h6-7,9-20H,3-5H2,1-2H3/t7-,9-,10-,11-,12-,13+,14-,15+,16+/m1/s1. The van der Waals surface area contributed by atoms with Gasteiger partial charge in [-0.1, -0.05) is 6.92 Å². The molecule has 9 atom stereocenters. The Hall–Kier alpha value is -0.700. The molecule has 23 heavy (non-hydrogen) atoms. The van der Waals surface area contributed by atoms with Gasteiger partial charge in [-0.2, -0.15) is 0 Å².